The van der Waals surface area contributed by atoms with Crippen LogP contribution in [0.5, 0.6) is 0 Å². The van der Waals surface area contributed by atoms with Gasteiger partial charge in [-0.05, 0) is 36.5 Å². The minimum Gasteiger partial charge on any atom is -0.408 e. The summed E-state index contributed by atoms with van der Waals surface area (Å²) in [7, 11) is 0. The van der Waals surface area contributed by atoms with E-state index in [0.717, 1.165) is 18.4 Å². The van der Waals surface area contributed by atoms with Crippen LogP contribution in [0.3, 0.4) is 0 Å². The summed E-state index contributed by atoms with van der Waals surface area (Å²) < 4.78 is 18.7. The first-order valence-corrected chi connectivity index (χ1v) is 8.71. The maximum absolute atomic E-state index is 13.2. The standard InChI is InChI=1S/C18H21FN4O2/c1-12-20-21-18(25-12)23-10-8-22(9-11-23)17(24)16(13-2-3-13)14-4-6-15(19)7-5-14/h4-7,13,16H,2-3,8-11H2,1H3. The summed E-state index contributed by atoms with van der Waals surface area (Å²) in [5.74, 6) is 0.649. The molecule has 1 unspecified atom stereocenters. The van der Waals surface area contributed by atoms with E-state index in [1.807, 2.05) is 9.80 Å². The summed E-state index contributed by atoms with van der Waals surface area (Å²) in [5.41, 5.74) is 0.920. The molecule has 2 aliphatic rings. The van der Waals surface area contributed by atoms with Crippen LogP contribution in [0.15, 0.2) is 28.7 Å². The number of halogens is 1. The first-order chi connectivity index (χ1) is 12.1. The summed E-state index contributed by atoms with van der Waals surface area (Å²) in [5, 5.41) is 7.89. The van der Waals surface area contributed by atoms with Crippen LogP contribution in [-0.2, 0) is 4.79 Å². The second-order valence-electron chi connectivity index (χ2n) is 6.78. The maximum Gasteiger partial charge on any atom is 0.318 e. The Hall–Kier alpha value is -2.44. The molecule has 6 nitrogen and oxygen atoms in total. The quantitative estimate of drug-likeness (QED) is 0.852. The summed E-state index contributed by atoms with van der Waals surface area (Å²) in [6.07, 6.45) is 2.13. The number of anilines is 1. The molecule has 132 valence electrons. The molecule has 4 rings (SSSR count). The zero-order valence-electron chi connectivity index (χ0n) is 14.2. The smallest absolute Gasteiger partial charge is 0.318 e. The molecule has 2 aromatic rings. The number of amides is 1. The number of aromatic nitrogens is 2. The molecule has 1 aromatic carbocycles. The van der Waals surface area contributed by atoms with Crippen LogP contribution >= 0.6 is 0 Å². The lowest BCUT2D eigenvalue weighted by Crippen LogP contribution is -2.50. The second-order valence-corrected chi connectivity index (χ2v) is 6.78. The topological polar surface area (TPSA) is 62.5 Å². The predicted molar refractivity (Wildman–Crippen MR) is 89.7 cm³/mol. The lowest BCUT2D eigenvalue weighted by molar-refractivity contribution is -0.133. The minimum absolute atomic E-state index is 0.149. The van der Waals surface area contributed by atoms with Gasteiger partial charge in [0, 0.05) is 33.1 Å². The van der Waals surface area contributed by atoms with E-state index < -0.39 is 0 Å². The number of aryl methyl sites for hydroxylation is 1. The number of hydrogen-bond donors (Lipinski definition) is 0. The molecule has 1 aromatic heterocycles. The van der Waals surface area contributed by atoms with Gasteiger partial charge >= 0.3 is 6.01 Å². The van der Waals surface area contributed by atoms with Gasteiger partial charge in [0.15, 0.2) is 0 Å². The number of carbonyl (C=O) groups excluding carboxylic acids is 1. The van der Waals surface area contributed by atoms with Crippen molar-refractivity contribution in [1.82, 2.24) is 15.1 Å². The van der Waals surface area contributed by atoms with Gasteiger partial charge in [-0.3, -0.25) is 4.79 Å². The second kappa shape index (κ2) is 6.46. The third-order valence-corrected chi connectivity index (χ3v) is 4.97. The van der Waals surface area contributed by atoms with E-state index in [-0.39, 0.29) is 17.6 Å². The van der Waals surface area contributed by atoms with E-state index in [2.05, 4.69) is 10.2 Å². The predicted octanol–water partition coefficient (Wildman–Crippen LogP) is 2.36. The molecule has 2 fully saturated rings. The first-order valence-electron chi connectivity index (χ1n) is 8.71. The van der Waals surface area contributed by atoms with Crippen molar-refractivity contribution in [3.63, 3.8) is 0 Å². The Balaban J connectivity index is 1.44. The highest BCUT2D eigenvalue weighted by atomic mass is 19.1. The zero-order chi connectivity index (χ0) is 17.4. The number of benzene rings is 1. The van der Waals surface area contributed by atoms with E-state index in [4.69, 9.17) is 4.42 Å². The van der Waals surface area contributed by atoms with Gasteiger partial charge in [0.05, 0.1) is 5.92 Å². The van der Waals surface area contributed by atoms with Crippen molar-refractivity contribution in [2.75, 3.05) is 31.1 Å². The highest BCUT2D eigenvalue weighted by Crippen LogP contribution is 2.43. The van der Waals surface area contributed by atoms with Crippen molar-refractivity contribution in [3.8, 4) is 0 Å². The maximum atomic E-state index is 13.2. The Morgan fingerprint density at radius 1 is 1.16 bits per heavy atom. The molecular weight excluding hydrogens is 323 g/mol. The van der Waals surface area contributed by atoms with Gasteiger partial charge in [-0.2, -0.15) is 0 Å². The van der Waals surface area contributed by atoms with Crippen LogP contribution in [0, 0.1) is 18.7 Å². The third-order valence-electron chi connectivity index (χ3n) is 4.97. The third kappa shape index (κ3) is 3.36. The van der Waals surface area contributed by atoms with Crippen LogP contribution in [-0.4, -0.2) is 47.2 Å². The number of piperazine rings is 1. The van der Waals surface area contributed by atoms with E-state index in [1.165, 1.54) is 12.1 Å². The lowest BCUT2D eigenvalue weighted by atomic mass is 9.92. The Bertz CT molecular complexity index is 749. The van der Waals surface area contributed by atoms with Crippen molar-refractivity contribution in [1.29, 1.82) is 0 Å². The zero-order valence-corrected chi connectivity index (χ0v) is 14.2. The summed E-state index contributed by atoms with van der Waals surface area (Å²) in [6.45, 7) is 4.37. The van der Waals surface area contributed by atoms with E-state index in [9.17, 15) is 9.18 Å². The summed E-state index contributed by atoms with van der Waals surface area (Å²) >= 11 is 0. The molecule has 0 N–H and O–H groups in total. The van der Waals surface area contributed by atoms with Crippen molar-refractivity contribution >= 4 is 11.9 Å². The van der Waals surface area contributed by atoms with Crippen molar-refractivity contribution < 1.29 is 13.6 Å². The number of nitrogens with zero attached hydrogens (tertiary/aromatic N) is 4. The van der Waals surface area contributed by atoms with Crippen molar-refractivity contribution in [3.05, 3.63) is 41.5 Å². The Kier molecular flexibility index (Phi) is 4.15. The van der Waals surface area contributed by atoms with Crippen LogP contribution in [0.25, 0.3) is 0 Å². The number of rotatable bonds is 4. The highest BCUT2D eigenvalue weighted by molar-refractivity contribution is 5.84. The van der Waals surface area contributed by atoms with Gasteiger partial charge in [0.2, 0.25) is 11.8 Å². The lowest BCUT2D eigenvalue weighted by Gasteiger charge is -2.35. The molecule has 0 radical (unpaired) electrons. The van der Waals surface area contributed by atoms with Crippen LogP contribution in [0.4, 0.5) is 10.4 Å². The molecule has 0 spiro atoms. The minimum atomic E-state index is -0.269. The molecule has 1 saturated heterocycles. The average Bonchev–Trinajstić information content (AvgIpc) is 3.36. The van der Waals surface area contributed by atoms with Gasteiger partial charge < -0.3 is 14.2 Å². The summed E-state index contributed by atoms with van der Waals surface area (Å²) in [6, 6.07) is 6.88. The van der Waals surface area contributed by atoms with Gasteiger partial charge in [0.25, 0.3) is 0 Å². The van der Waals surface area contributed by atoms with Gasteiger partial charge in [0.1, 0.15) is 5.82 Å². The molecule has 1 amide bonds. The molecule has 1 atom stereocenters. The SMILES string of the molecule is Cc1nnc(N2CCN(C(=O)C(c3ccc(F)cc3)C3CC3)CC2)o1. The van der Waals surface area contributed by atoms with E-state index in [1.54, 1.807) is 19.1 Å². The van der Waals surface area contributed by atoms with Gasteiger partial charge in [-0.15, -0.1) is 5.10 Å². The van der Waals surface area contributed by atoms with Crippen LogP contribution < -0.4 is 4.90 Å². The molecule has 1 aliphatic carbocycles. The number of hydrogen-bond acceptors (Lipinski definition) is 5. The average molecular weight is 344 g/mol. The molecule has 25 heavy (non-hydrogen) atoms. The van der Waals surface area contributed by atoms with E-state index >= 15 is 0 Å². The van der Waals surface area contributed by atoms with Gasteiger partial charge in [-0.1, -0.05) is 17.2 Å². The molecule has 7 heteroatoms. The Morgan fingerprint density at radius 3 is 2.40 bits per heavy atom. The van der Waals surface area contributed by atoms with Crippen molar-refractivity contribution in [2.45, 2.75) is 25.7 Å². The molecule has 1 aliphatic heterocycles. The Morgan fingerprint density at radius 2 is 1.84 bits per heavy atom. The fraction of sp³-hybridized carbons (Fsp3) is 0.500. The highest BCUT2D eigenvalue weighted by Gasteiger charge is 2.40. The normalized spacial score (nSPS) is 19.1. The largest absolute Gasteiger partial charge is 0.408 e. The van der Waals surface area contributed by atoms with Crippen LogP contribution in [0.2, 0.25) is 0 Å². The molecule has 2 heterocycles. The first kappa shape index (κ1) is 16.1. The van der Waals surface area contributed by atoms with E-state index in [0.29, 0.717) is 44.0 Å². The molecule has 1 saturated carbocycles. The summed E-state index contributed by atoms with van der Waals surface area (Å²) in [4.78, 5) is 17.0. The van der Waals surface area contributed by atoms with Gasteiger partial charge in [-0.25, -0.2) is 4.39 Å². The number of carbonyl (C=O) groups is 1. The monoisotopic (exact) mass is 344 g/mol. The van der Waals surface area contributed by atoms with Crippen LogP contribution in [0.1, 0.15) is 30.2 Å². The Labute approximate surface area is 145 Å². The fourth-order valence-corrected chi connectivity index (χ4v) is 3.44. The van der Waals surface area contributed by atoms with Crippen molar-refractivity contribution in [2.24, 2.45) is 5.92 Å². The fourth-order valence-electron chi connectivity index (χ4n) is 3.44. The molecule has 0 bridgehead atoms. The molecular formula is C18H21FN4O2.